The lowest BCUT2D eigenvalue weighted by atomic mass is 9.76. The van der Waals surface area contributed by atoms with E-state index in [-0.39, 0.29) is 17.7 Å². The van der Waals surface area contributed by atoms with Gasteiger partial charge in [-0.25, -0.2) is 0 Å². The van der Waals surface area contributed by atoms with Gasteiger partial charge in [-0.15, -0.1) is 10.2 Å². The van der Waals surface area contributed by atoms with Crippen LogP contribution in [-0.4, -0.2) is 21.3 Å². The number of carboxylic acids is 1. The molecule has 0 radical (unpaired) electrons. The van der Waals surface area contributed by atoms with E-state index in [2.05, 4.69) is 17.1 Å². The molecule has 1 aromatic rings. The van der Waals surface area contributed by atoms with Crippen LogP contribution in [0.25, 0.3) is 0 Å². The predicted octanol–water partition coefficient (Wildman–Crippen LogP) is 1.92. The van der Waals surface area contributed by atoms with Gasteiger partial charge in [0, 0.05) is 5.41 Å². The molecule has 1 aliphatic rings. The third kappa shape index (κ3) is 2.23. The summed E-state index contributed by atoms with van der Waals surface area (Å²) < 4.78 is 5.43. The molecule has 0 spiro atoms. The Balaban J connectivity index is 2.13. The molecule has 88 valence electrons. The Kier molecular flexibility index (Phi) is 2.94. The van der Waals surface area contributed by atoms with Crippen LogP contribution in [-0.2, 0) is 16.6 Å². The maximum Gasteiger partial charge on any atom is 0.312 e. The molecule has 0 atom stereocenters. The highest BCUT2D eigenvalue weighted by Crippen LogP contribution is 2.38. The summed E-state index contributed by atoms with van der Waals surface area (Å²) in [4.78, 5) is 10.5. The van der Waals surface area contributed by atoms with E-state index in [1.165, 1.54) is 19.3 Å². The summed E-state index contributed by atoms with van der Waals surface area (Å²) in [6, 6.07) is 0. The molecule has 1 fully saturated rings. The molecule has 0 saturated heterocycles. The Morgan fingerprint density at radius 3 is 2.69 bits per heavy atom. The first kappa shape index (κ1) is 11.1. The third-order valence-electron chi connectivity index (χ3n) is 3.24. The Morgan fingerprint density at radius 2 is 2.06 bits per heavy atom. The highest BCUT2D eigenvalue weighted by Gasteiger charge is 2.34. The molecule has 5 nitrogen and oxygen atoms in total. The highest BCUT2D eigenvalue weighted by atomic mass is 16.4. The number of carboxylic acid groups (broad SMARTS) is 1. The summed E-state index contributed by atoms with van der Waals surface area (Å²) in [6.07, 6.45) is 5.50. The van der Waals surface area contributed by atoms with Crippen LogP contribution < -0.4 is 0 Å². The first-order valence-corrected chi connectivity index (χ1v) is 5.65. The van der Waals surface area contributed by atoms with Crippen molar-refractivity contribution in [3.8, 4) is 0 Å². The van der Waals surface area contributed by atoms with Gasteiger partial charge in [-0.3, -0.25) is 4.79 Å². The molecule has 5 heteroatoms. The van der Waals surface area contributed by atoms with Gasteiger partial charge in [-0.2, -0.15) is 0 Å². The molecule has 1 aromatic heterocycles. The second kappa shape index (κ2) is 4.23. The standard InChI is InChI=1S/C11H16N2O3/c1-11(5-3-2-4-6-11)10-13-12-8(16-10)7-9(14)15/h2-7H2,1H3,(H,14,15). The van der Waals surface area contributed by atoms with Crippen LogP contribution >= 0.6 is 0 Å². The first-order valence-electron chi connectivity index (χ1n) is 5.65. The Hall–Kier alpha value is -1.39. The number of hydrogen-bond donors (Lipinski definition) is 1. The van der Waals surface area contributed by atoms with Crippen LogP contribution in [0.3, 0.4) is 0 Å². The molecule has 0 amide bonds. The van der Waals surface area contributed by atoms with Crippen molar-refractivity contribution in [3.05, 3.63) is 11.8 Å². The van der Waals surface area contributed by atoms with Crippen molar-refractivity contribution >= 4 is 5.97 Å². The molecule has 1 heterocycles. The molecule has 2 rings (SSSR count). The summed E-state index contributed by atoms with van der Waals surface area (Å²) in [5, 5.41) is 16.4. The SMILES string of the molecule is CC1(c2nnc(CC(=O)O)o2)CCCCC1. The quantitative estimate of drug-likeness (QED) is 0.848. The normalized spacial score (nSPS) is 19.6. The van der Waals surface area contributed by atoms with Crippen LogP contribution in [0, 0.1) is 0 Å². The lowest BCUT2D eigenvalue weighted by molar-refractivity contribution is -0.136. The number of hydrogen-bond acceptors (Lipinski definition) is 4. The molecule has 0 unspecified atom stereocenters. The zero-order valence-corrected chi connectivity index (χ0v) is 9.40. The van der Waals surface area contributed by atoms with E-state index < -0.39 is 5.97 Å². The van der Waals surface area contributed by atoms with E-state index in [1.54, 1.807) is 0 Å². The van der Waals surface area contributed by atoms with Crippen molar-refractivity contribution in [1.82, 2.24) is 10.2 Å². The average Bonchev–Trinajstić information content (AvgIpc) is 2.67. The summed E-state index contributed by atoms with van der Waals surface area (Å²) in [5.41, 5.74) is -0.0536. The molecule has 16 heavy (non-hydrogen) atoms. The Bertz CT molecular complexity index is 380. The minimum Gasteiger partial charge on any atom is -0.481 e. The van der Waals surface area contributed by atoms with Crippen LogP contribution in [0.15, 0.2) is 4.42 Å². The molecule has 0 aromatic carbocycles. The van der Waals surface area contributed by atoms with Gasteiger partial charge in [0.25, 0.3) is 0 Å². The van der Waals surface area contributed by atoms with Crippen LogP contribution in [0.5, 0.6) is 0 Å². The fourth-order valence-electron chi connectivity index (χ4n) is 2.24. The van der Waals surface area contributed by atoms with Gasteiger partial charge in [0.15, 0.2) is 0 Å². The van der Waals surface area contributed by atoms with Crippen molar-refractivity contribution in [3.63, 3.8) is 0 Å². The van der Waals surface area contributed by atoms with E-state index in [4.69, 9.17) is 9.52 Å². The fourth-order valence-corrected chi connectivity index (χ4v) is 2.24. The Morgan fingerprint density at radius 1 is 1.38 bits per heavy atom. The number of aromatic nitrogens is 2. The number of carbonyl (C=O) groups is 1. The topological polar surface area (TPSA) is 76.2 Å². The van der Waals surface area contributed by atoms with E-state index in [0.29, 0.717) is 5.89 Å². The van der Waals surface area contributed by atoms with Crippen molar-refractivity contribution in [2.45, 2.75) is 50.9 Å². The van der Waals surface area contributed by atoms with Gasteiger partial charge in [-0.1, -0.05) is 26.2 Å². The van der Waals surface area contributed by atoms with Crippen LogP contribution in [0.2, 0.25) is 0 Å². The molecular weight excluding hydrogens is 208 g/mol. The van der Waals surface area contributed by atoms with E-state index in [9.17, 15) is 4.79 Å². The number of aliphatic carboxylic acids is 1. The summed E-state index contributed by atoms with van der Waals surface area (Å²) in [7, 11) is 0. The highest BCUT2D eigenvalue weighted by molar-refractivity contribution is 5.68. The second-order valence-corrected chi connectivity index (χ2v) is 4.69. The molecule has 1 saturated carbocycles. The van der Waals surface area contributed by atoms with Gasteiger partial charge < -0.3 is 9.52 Å². The minimum absolute atomic E-state index is 0.0536. The largest absolute Gasteiger partial charge is 0.481 e. The predicted molar refractivity (Wildman–Crippen MR) is 56.1 cm³/mol. The summed E-state index contributed by atoms with van der Waals surface area (Å²) >= 11 is 0. The fraction of sp³-hybridized carbons (Fsp3) is 0.727. The molecular formula is C11H16N2O3. The minimum atomic E-state index is -0.941. The van der Waals surface area contributed by atoms with E-state index in [1.807, 2.05) is 0 Å². The average molecular weight is 224 g/mol. The zero-order valence-electron chi connectivity index (χ0n) is 9.40. The van der Waals surface area contributed by atoms with Crippen molar-refractivity contribution < 1.29 is 14.3 Å². The summed E-state index contributed by atoms with van der Waals surface area (Å²) in [6.45, 7) is 2.12. The zero-order chi connectivity index (χ0) is 11.6. The maximum atomic E-state index is 10.5. The van der Waals surface area contributed by atoms with Gasteiger partial charge in [0.05, 0.1) is 0 Å². The van der Waals surface area contributed by atoms with Crippen molar-refractivity contribution in [1.29, 1.82) is 0 Å². The van der Waals surface area contributed by atoms with Crippen LogP contribution in [0.1, 0.15) is 50.8 Å². The second-order valence-electron chi connectivity index (χ2n) is 4.69. The number of rotatable bonds is 3. The monoisotopic (exact) mass is 224 g/mol. The van der Waals surface area contributed by atoms with E-state index in [0.717, 1.165) is 12.8 Å². The van der Waals surface area contributed by atoms with E-state index >= 15 is 0 Å². The van der Waals surface area contributed by atoms with Gasteiger partial charge >= 0.3 is 5.97 Å². The Labute approximate surface area is 93.9 Å². The molecule has 0 aliphatic heterocycles. The smallest absolute Gasteiger partial charge is 0.312 e. The maximum absolute atomic E-state index is 10.5. The third-order valence-corrected chi connectivity index (χ3v) is 3.24. The number of nitrogens with zero attached hydrogens (tertiary/aromatic N) is 2. The van der Waals surface area contributed by atoms with Crippen LogP contribution in [0.4, 0.5) is 0 Å². The lowest BCUT2D eigenvalue weighted by Gasteiger charge is -2.29. The lowest BCUT2D eigenvalue weighted by Crippen LogP contribution is -2.25. The van der Waals surface area contributed by atoms with Crippen molar-refractivity contribution in [2.75, 3.05) is 0 Å². The molecule has 0 bridgehead atoms. The van der Waals surface area contributed by atoms with Gasteiger partial charge in [0.2, 0.25) is 11.8 Å². The van der Waals surface area contributed by atoms with Crippen molar-refractivity contribution in [2.24, 2.45) is 0 Å². The molecule has 1 aliphatic carbocycles. The molecule has 1 N–H and O–H groups in total. The summed E-state index contributed by atoms with van der Waals surface area (Å²) in [5.74, 6) is -0.137. The van der Waals surface area contributed by atoms with Gasteiger partial charge in [-0.05, 0) is 12.8 Å². The first-order chi connectivity index (χ1) is 7.60. The van der Waals surface area contributed by atoms with Gasteiger partial charge in [0.1, 0.15) is 6.42 Å².